The summed E-state index contributed by atoms with van der Waals surface area (Å²) in [4.78, 5) is 3.67. The molecule has 0 aromatic heterocycles. The first-order valence-electron chi connectivity index (χ1n) is 9.80. The number of benzene rings is 3. The molecule has 0 N–H and O–H groups in total. The Morgan fingerprint density at radius 1 is 1.00 bits per heavy atom. The van der Waals surface area contributed by atoms with Crippen molar-refractivity contribution >= 4 is 34.7 Å². The minimum absolute atomic E-state index is 0.00832. The number of halogens is 2. The molecule has 1 nitrogen and oxygen atoms in total. The highest BCUT2D eigenvalue weighted by Crippen LogP contribution is 2.33. The highest BCUT2D eigenvalue weighted by atomic mass is 35.5. The first kappa shape index (κ1) is 21.9. The van der Waals surface area contributed by atoms with Crippen molar-refractivity contribution in [1.29, 1.82) is 0 Å². The van der Waals surface area contributed by atoms with Gasteiger partial charge in [-0.1, -0.05) is 61.1 Å². The fourth-order valence-electron chi connectivity index (χ4n) is 3.17. The molecule has 3 aromatic carbocycles. The van der Waals surface area contributed by atoms with Gasteiger partial charge in [0.15, 0.2) is 5.82 Å². The summed E-state index contributed by atoms with van der Waals surface area (Å²) in [7, 11) is 0. The van der Waals surface area contributed by atoms with Crippen LogP contribution in [0.1, 0.15) is 42.0 Å². The molecule has 0 atom stereocenters. The maximum atomic E-state index is 14.2. The predicted molar refractivity (Wildman–Crippen MR) is 127 cm³/mol. The fourth-order valence-corrected chi connectivity index (χ4v) is 3.51. The summed E-state index contributed by atoms with van der Waals surface area (Å²) in [5.41, 5.74) is 5.99. The van der Waals surface area contributed by atoms with Crippen LogP contribution in [-0.4, -0.2) is 5.16 Å². The smallest absolute Gasteiger partial charge is 0.151 e. The minimum Gasteiger partial charge on any atom is -0.205 e. The molecule has 4 heteroatoms. The van der Waals surface area contributed by atoms with Gasteiger partial charge < -0.3 is 0 Å². The van der Waals surface area contributed by atoms with Gasteiger partial charge >= 0.3 is 0 Å². The van der Waals surface area contributed by atoms with Crippen LogP contribution in [0.25, 0.3) is 11.1 Å². The molecule has 0 amide bonds. The average Bonchev–Trinajstić information content (AvgIpc) is 2.74. The van der Waals surface area contributed by atoms with Crippen LogP contribution < -0.4 is 0 Å². The van der Waals surface area contributed by atoms with Crippen molar-refractivity contribution in [1.82, 2.24) is 0 Å². The number of hydrogen-bond acceptors (Lipinski definition) is 2. The Bertz CT molecular complexity index is 1140. The zero-order valence-electron chi connectivity index (χ0n) is 16.9. The van der Waals surface area contributed by atoms with Gasteiger partial charge in [-0.15, -0.1) is 0 Å². The van der Waals surface area contributed by atoms with E-state index in [-0.39, 0.29) is 10.7 Å². The molecule has 0 saturated carbocycles. The molecule has 150 valence electrons. The van der Waals surface area contributed by atoms with E-state index in [1.807, 2.05) is 24.3 Å². The molecule has 0 unspecified atom stereocenters. The zero-order chi connectivity index (χ0) is 21.5. The number of unbranched alkanes of at least 4 members (excludes halogenated alkanes) is 1. The van der Waals surface area contributed by atoms with Crippen molar-refractivity contribution < 1.29 is 4.39 Å². The van der Waals surface area contributed by atoms with Crippen LogP contribution in [0.4, 0.5) is 10.1 Å². The number of nitrogens with zero attached hydrogens (tertiary/aromatic N) is 1. The summed E-state index contributed by atoms with van der Waals surface area (Å²) in [6, 6.07) is 17.2. The van der Waals surface area contributed by atoms with E-state index in [2.05, 4.69) is 66.3 Å². The molecule has 0 spiro atoms. The largest absolute Gasteiger partial charge is 0.205 e. The average molecular weight is 434 g/mol. The van der Waals surface area contributed by atoms with Crippen molar-refractivity contribution in [3.8, 4) is 23.0 Å². The number of aliphatic imine (C=N–C) groups is 1. The van der Waals surface area contributed by atoms with Crippen LogP contribution in [0.5, 0.6) is 0 Å². The second kappa shape index (κ2) is 10.3. The number of rotatable bonds is 5. The molecule has 0 fully saturated rings. The van der Waals surface area contributed by atoms with Crippen molar-refractivity contribution in [2.24, 2.45) is 4.99 Å². The topological polar surface area (TPSA) is 12.4 Å². The summed E-state index contributed by atoms with van der Waals surface area (Å²) < 4.78 is 14.2. The molecule has 0 saturated heterocycles. The summed E-state index contributed by atoms with van der Waals surface area (Å²) >= 11 is 10.7. The van der Waals surface area contributed by atoms with Gasteiger partial charge in [-0.3, -0.25) is 0 Å². The van der Waals surface area contributed by atoms with E-state index >= 15 is 0 Å². The standard InChI is InChI=1S/C26H21ClFNS/c1-3-4-5-20-9-11-21(18(2)14-20)10-6-19-7-12-22(13-8-19)23-15-24(27)26(29-17-30)25(28)16-23/h7-9,11-16H,3-5H2,1-2H3. The van der Waals surface area contributed by atoms with E-state index in [9.17, 15) is 4.39 Å². The minimum atomic E-state index is -0.531. The Morgan fingerprint density at radius 2 is 1.77 bits per heavy atom. The molecule has 3 aromatic rings. The van der Waals surface area contributed by atoms with Crippen molar-refractivity contribution in [2.75, 3.05) is 0 Å². The molecule has 0 radical (unpaired) electrons. The van der Waals surface area contributed by atoms with Gasteiger partial charge in [0.2, 0.25) is 0 Å². The first-order valence-corrected chi connectivity index (χ1v) is 10.6. The Morgan fingerprint density at radius 3 is 2.40 bits per heavy atom. The van der Waals surface area contributed by atoms with E-state index < -0.39 is 5.82 Å². The third-order valence-corrected chi connectivity index (χ3v) is 5.22. The van der Waals surface area contributed by atoms with Crippen LogP contribution in [0.2, 0.25) is 5.02 Å². The summed E-state index contributed by atoms with van der Waals surface area (Å²) in [5.74, 6) is 5.93. The molecule has 0 bridgehead atoms. The monoisotopic (exact) mass is 433 g/mol. The van der Waals surface area contributed by atoms with E-state index in [4.69, 9.17) is 11.6 Å². The Hall–Kier alpha value is -2.76. The fraction of sp³-hybridized carbons (Fsp3) is 0.192. The van der Waals surface area contributed by atoms with Crippen molar-refractivity contribution in [2.45, 2.75) is 33.1 Å². The lowest BCUT2D eigenvalue weighted by molar-refractivity contribution is 0.630. The van der Waals surface area contributed by atoms with Gasteiger partial charge in [0.1, 0.15) is 5.69 Å². The number of aryl methyl sites for hydroxylation is 2. The SMILES string of the molecule is CCCCc1ccc(C#Cc2ccc(-c3cc(F)c(N=C=S)c(Cl)c3)cc2)c(C)c1. The Balaban J connectivity index is 1.80. The van der Waals surface area contributed by atoms with Gasteiger partial charge in [-0.25, -0.2) is 4.39 Å². The third-order valence-electron chi connectivity index (χ3n) is 4.84. The number of thiocarbonyl (C=S) groups is 1. The van der Waals surface area contributed by atoms with Gasteiger partial charge in [0.05, 0.1) is 10.2 Å². The van der Waals surface area contributed by atoms with Crippen molar-refractivity contribution in [3.05, 3.63) is 87.7 Å². The number of hydrogen-bond donors (Lipinski definition) is 0. The maximum absolute atomic E-state index is 14.2. The van der Waals surface area contributed by atoms with Gasteiger partial charge in [0, 0.05) is 11.1 Å². The maximum Gasteiger partial charge on any atom is 0.151 e. The molecule has 0 aliphatic carbocycles. The second-order valence-corrected chi connectivity index (χ2v) is 7.66. The van der Waals surface area contributed by atoms with Gasteiger partial charge in [-0.05, 0) is 84.6 Å². The number of isothiocyanates is 1. The van der Waals surface area contributed by atoms with Crippen LogP contribution in [0.3, 0.4) is 0 Å². The highest BCUT2D eigenvalue weighted by Gasteiger charge is 2.10. The zero-order valence-corrected chi connectivity index (χ0v) is 18.5. The van der Waals surface area contributed by atoms with E-state index in [1.165, 1.54) is 30.0 Å². The Kier molecular flexibility index (Phi) is 7.55. The second-order valence-electron chi connectivity index (χ2n) is 7.07. The molecular formula is C26H21ClFNS. The van der Waals surface area contributed by atoms with E-state index in [1.54, 1.807) is 6.07 Å². The van der Waals surface area contributed by atoms with Crippen LogP contribution in [0.15, 0.2) is 59.6 Å². The van der Waals surface area contributed by atoms with Crippen LogP contribution >= 0.6 is 23.8 Å². The van der Waals surface area contributed by atoms with Crippen LogP contribution in [0, 0.1) is 24.6 Å². The van der Waals surface area contributed by atoms with Gasteiger partial charge in [0.25, 0.3) is 0 Å². The van der Waals surface area contributed by atoms with E-state index in [0.29, 0.717) is 5.56 Å². The normalized spacial score (nSPS) is 10.1. The molecule has 3 rings (SSSR count). The summed E-state index contributed by atoms with van der Waals surface area (Å²) in [5, 5.41) is 2.34. The van der Waals surface area contributed by atoms with E-state index in [0.717, 1.165) is 23.1 Å². The molecule has 0 aliphatic heterocycles. The lowest BCUT2D eigenvalue weighted by Crippen LogP contribution is -1.89. The molecule has 0 aliphatic rings. The molecule has 30 heavy (non-hydrogen) atoms. The lowest BCUT2D eigenvalue weighted by atomic mass is 10.0. The lowest BCUT2D eigenvalue weighted by Gasteiger charge is -2.06. The predicted octanol–water partition coefficient (Wildman–Crippen LogP) is 7.93. The molecule has 0 heterocycles. The third kappa shape index (κ3) is 5.43. The first-order chi connectivity index (χ1) is 14.5. The summed E-state index contributed by atoms with van der Waals surface area (Å²) in [6.07, 6.45) is 3.50. The van der Waals surface area contributed by atoms with Crippen molar-refractivity contribution in [3.63, 3.8) is 0 Å². The quantitative estimate of drug-likeness (QED) is 0.226. The van der Waals surface area contributed by atoms with Gasteiger partial charge in [-0.2, -0.15) is 4.99 Å². The molecular weight excluding hydrogens is 413 g/mol. The summed E-state index contributed by atoms with van der Waals surface area (Å²) in [6.45, 7) is 4.30. The Labute approximate surface area is 187 Å². The van der Waals surface area contributed by atoms with Crippen LogP contribution in [-0.2, 0) is 6.42 Å². The highest BCUT2D eigenvalue weighted by molar-refractivity contribution is 7.78.